The fourth-order valence-electron chi connectivity index (χ4n) is 6.10. The summed E-state index contributed by atoms with van der Waals surface area (Å²) in [5, 5.41) is 18.0. The van der Waals surface area contributed by atoms with Crippen LogP contribution in [0, 0.1) is 17.2 Å². The van der Waals surface area contributed by atoms with Gasteiger partial charge in [0.25, 0.3) is 0 Å². The second-order valence-electron chi connectivity index (χ2n) is 10.3. The Labute approximate surface area is 194 Å². The van der Waals surface area contributed by atoms with Gasteiger partial charge >= 0.3 is 0 Å². The minimum Gasteiger partial charge on any atom is -0.368 e. The summed E-state index contributed by atoms with van der Waals surface area (Å²) < 4.78 is 19.4. The summed E-state index contributed by atoms with van der Waals surface area (Å²) in [6.07, 6.45) is 6.57. The summed E-state index contributed by atoms with van der Waals surface area (Å²) in [6.45, 7) is 0.715. The lowest BCUT2D eigenvalue weighted by Gasteiger charge is -2.48. The van der Waals surface area contributed by atoms with E-state index in [4.69, 9.17) is 21.6 Å². The van der Waals surface area contributed by atoms with Crippen LogP contribution in [0.5, 0.6) is 0 Å². The molecule has 3 N–H and O–H groups in total. The first kappa shape index (κ1) is 23.7. The molecule has 0 aromatic heterocycles. The van der Waals surface area contributed by atoms with E-state index >= 15 is 0 Å². The van der Waals surface area contributed by atoms with E-state index in [1.165, 1.54) is 0 Å². The Kier molecular flexibility index (Phi) is 7.28. The molecule has 178 valence electrons. The topological polar surface area (TPSA) is 103 Å². The number of piperidine rings is 1. The molecule has 4 aliphatic carbocycles. The molecular weight excluding hydrogens is 435 g/mol. The van der Waals surface area contributed by atoms with E-state index in [0.29, 0.717) is 25.2 Å². The van der Waals surface area contributed by atoms with Crippen LogP contribution < -0.4 is 16.0 Å². The number of ether oxygens (including phenoxy) is 1. The third kappa shape index (κ3) is 5.37. The van der Waals surface area contributed by atoms with Gasteiger partial charge in [0, 0.05) is 23.9 Å². The molecule has 7 nitrogen and oxygen atoms in total. The highest BCUT2D eigenvalue weighted by atomic mass is 35.5. The summed E-state index contributed by atoms with van der Waals surface area (Å²) in [4.78, 5) is 25.2. The Hall–Kier alpha value is -1.43. The number of fused-ring (bicyclic) bond motifs is 1. The molecule has 1 aliphatic heterocycles. The van der Waals surface area contributed by atoms with Gasteiger partial charge in [-0.15, -0.1) is 11.6 Å². The van der Waals surface area contributed by atoms with Crippen molar-refractivity contribution in [2.24, 2.45) is 5.92 Å². The van der Waals surface area contributed by atoms with Crippen LogP contribution in [0.1, 0.15) is 70.6 Å². The first-order chi connectivity index (χ1) is 15.3. The minimum atomic E-state index is -1.08. The molecule has 0 radical (unpaired) electrons. The molecule has 5 atom stereocenters. The number of nitrogens with one attached hydrogen (secondary N) is 3. The van der Waals surface area contributed by atoms with Crippen LogP contribution in [0.15, 0.2) is 0 Å². The average Bonchev–Trinajstić information content (AvgIpc) is 3.28. The van der Waals surface area contributed by atoms with Crippen LogP contribution in [0.25, 0.3) is 0 Å². The lowest BCUT2D eigenvalue weighted by atomic mass is 9.71. The number of nitriles is 1. The van der Waals surface area contributed by atoms with Crippen molar-refractivity contribution in [3.05, 3.63) is 0 Å². The first-order valence-corrected chi connectivity index (χ1v) is 12.4. The lowest BCUT2D eigenvalue weighted by molar-refractivity contribution is -0.132. The van der Waals surface area contributed by atoms with Crippen molar-refractivity contribution in [1.82, 2.24) is 16.0 Å². The molecule has 2 bridgehead atoms. The normalized spacial score (nSPS) is 40.7. The number of nitrogens with zero attached hydrogens (tertiary/aromatic N) is 1. The largest absolute Gasteiger partial charge is 0.368 e. The van der Waals surface area contributed by atoms with Gasteiger partial charge in [0.2, 0.25) is 11.8 Å². The summed E-state index contributed by atoms with van der Waals surface area (Å²) in [6, 6.07) is 2.01. The Balaban J connectivity index is 1.16. The van der Waals surface area contributed by atoms with Crippen LogP contribution >= 0.6 is 11.6 Å². The number of amides is 2. The number of hydrogen-bond acceptors (Lipinski definition) is 5. The predicted octanol–water partition coefficient (Wildman–Crippen LogP) is 2.47. The smallest absolute Gasteiger partial charge is 0.246 e. The van der Waals surface area contributed by atoms with E-state index < -0.39 is 11.5 Å². The number of halogens is 2. The number of carbonyl (C=O) groups excluding carboxylic acids is 2. The van der Waals surface area contributed by atoms with Crippen molar-refractivity contribution in [2.75, 3.05) is 13.2 Å². The number of alkyl halides is 2. The van der Waals surface area contributed by atoms with Gasteiger partial charge in [-0.3, -0.25) is 9.59 Å². The number of carbonyl (C=O) groups is 2. The van der Waals surface area contributed by atoms with Gasteiger partial charge in [-0.1, -0.05) is 0 Å². The fourth-order valence-corrected chi connectivity index (χ4v) is 6.33. The molecule has 0 aromatic carbocycles. The average molecular weight is 469 g/mol. The van der Waals surface area contributed by atoms with E-state index in [9.17, 15) is 14.0 Å². The molecule has 5 rings (SSSR count). The summed E-state index contributed by atoms with van der Waals surface area (Å²) in [5.74, 6) is 0.343. The molecule has 5 aliphatic rings. The van der Waals surface area contributed by atoms with Gasteiger partial charge < -0.3 is 20.7 Å². The zero-order valence-electron chi connectivity index (χ0n) is 18.5. The van der Waals surface area contributed by atoms with Gasteiger partial charge in [-0.2, -0.15) is 5.26 Å². The molecule has 2 amide bonds. The van der Waals surface area contributed by atoms with E-state index in [1.54, 1.807) is 0 Å². The predicted molar refractivity (Wildman–Crippen MR) is 118 cm³/mol. The molecule has 0 spiro atoms. The van der Waals surface area contributed by atoms with Crippen molar-refractivity contribution in [1.29, 1.82) is 5.26 Å². The van der Waals surface area contributed by atoms with Gasteiger partial charge in [-0.05, 0) is 70.3 Å². The molecule has 1 saturated heterocycles. The standard InChI is InChI=1S/C23H34ClFN4O3/c24-17-5-4-16(10-18(17)25)32-12-20(30)28-22-7-8-23(13-22,14-22)29-21(31)19-6-3-15(11-27-19)2-1-9-26/h15-19,27H,1-8,10-14H2,(H,28,30)(H,29,31). The summed E-state index contributed by atoms with van der Waals surface area (Å²) in [5.41, 5.74) is -0.475. The second-order valence-corrected chi connectivity index (χ2v) is 10.9. The van der Waals surface area contributed by atoms with Crippen molar-refractivity contribution in [2.45, 2.75) is 105 Å². The quantitative estimate of drug-likeness (QED) is 0.475. The third-order valence-electron chi connectivity index (χ3n) is 7.82. The molecule has 0 aromatic rings. The lowest BCUT2D eigenvalue weighted by Crippen LogP contribution is -2.66. The first-order valence-electron chi connectivity index (χ1n) is 12.0. The van der Waals surface area contributed by atoms with Crippen molar-refractivity contribution in [3.8, 4) is 6.07 Å². The molecule has 5 fully saturated rings. The van der Waals surface area contributed by atoms with Gasteiger partial charge in [-0.25, -0.2) is 4.39 Å². The Morgan fingerprint density at radius 2 is 1.91 bits per heavy atom. The molecular formula is C23H34ClFN4O3. The molecule has 9 heteroatoms. The second kappa shape index (κ2) is 9.82. The van der Waals surface area contributed by atoms with Crippen LogP contribution in [0.4, 0.5) is 4.39 Å². The SMILES string of the molecule is N#CCCC1CCC(C(=O)NC23CCC(NC(=O)COC4CCC(Cl)C(F)C4)(C2)C3)NC1. The van der Waals surface area contributed by atoms with E-state index in [0.717, 1.165) is 51.5 Å². The van der Waals surface area contributed by atoms with Crippen molar-refractivity contribution < 1.29 is 18.7 Å². The fraction of sp³-hybridized carbons (Fsp3) is 0.870. The van der Waals surface area contributed by atoms with E-state index in [2.05, 4.69) is 22.0 Å². The van der Waals surface area contributed by atoms with Gasteiger partial charge in [0.05, 0.1) is 23.6 Å². The zero-order chi connectivity index (χ0) is 22.8. The Bertz CT molecular complexity index is 746. The Morgan fingerprint density at radius 3 is 2.56 bits per heavy atom. The Morgan fingerprint density at radius 1 is 1.16 bits per heavy atom. The van der Waals surface area contributed by atoms with Gasteiger partial charge in [0.1, 0.15) is 12.8 Å². The molecule has 5 unspecified atom stereocenters. The zero-order valence-corrected chi connectivity index (χ0v) is 19.3. The maximum atomic E-state index is 13.7. The summed E-state index contributed by atoms with van der Waals surface area (Å²) in [7, 11) is 0. The highest BCUT2D eigenvalue weighted by Gasteiger charge is 2.62. The number of rotatable bonds is 8. The van der Waals surface area contributed by atoms with Crippen molar-refractivity contribution in [3.63, 3.8) is 0 Å². The third-order valence-corrected chi connectivity index (χ3v) is 8.31. The van der Waals surface area contributed by atoms with Gasteiger partial charge in [0.15, 0.2) is 0 Å². The maximum Gasteiger partial charge on any atom is 0.246 e. The highest BCUT2D eigenvalue weighted by Crippen LogP contribution is 2.55. The monoisotopic (exact) mass is 468 g/mol. The van der Waals surface area contributed by atoms with Crippen molar-refractivity contribution >= 4 is 23.4 Å². The highest BCUT2D eigenvalue weighted by molar-refractivity contribution is 6.21. The maximum absolute atomic E-state index is 13.7. The van der Waals surface area contributed by atoms with Crippen LogP contribution in [-0.2, 0) is 14.3 Å². The molecule has 1 heterocycles. The summed E-state index contributed by atoms with van der Waals surface area (Å²) >= 11 is 5.90. The molecule has 4 saturated carbocycles. The molecule has 32 heavy (non-hydrogen) atoms. The number of hydrogen-bond donors (Lipinski definition) is 3. The van der Waals surface area contributed by atoms with Crippen LogP contribution in [0.3, 0.4) is 0 Å². The van der Waals surface area contributed by atoms with E-state index in [-0.39, 0.29) is 48.1 Å². The minimum absolute atomic E-state index is 0.0459. The van der Waals surface area contributed by atoms with E-state index in [1.807, 2.05) is 0 Å². The van der Waals surface area contributed by atoms with Crippen LogP contribution in [-0.4, -0.2) is 59.7 Å². The van der Waals surface area contributed by atoms with Crippen LogP contribution in [0.2, 0.25) is 0 Å².